The van der Waals surface area contributed by atoms with Crippen LogP contribution >= 0.6 is 0 Å². The van der Waals surface area contributed by atoms with Crippen molar-refractivity contribution in [2.45, 2.75) is 26.3 Å². The first-order valence-corrected chi connectivity index (χ1v) is 4.68. The van der Waals surface area contributed by atoms with Gasteiger partial charge >= 0.3 is 12.0 Å². The van der Waals surface area contributed by atoms with Crippen molar-refractivity contribution in [3.8, 4) is 12.3 Å². The Morgan fingerprint density at radius 1 is 1.47 bits per heavy atom. The number of carboxylic acids is 1. The first kappa shape index (κ1) is 13.3. The second-order valence-corrected chi connectivity index (χ2v) is 3.55. The van der Waals surface area contributed by atoms with Crippen molar-refractivity contribution in [3.05, 3.63) is 0 Å². The van der Waals surface area contributed by atoms with E-state index < -0.39 is 18.0 Å². The van der Waals surface area contributed by atoms with Crippen molar-refractivity contribution in [1.82, 2.24) is 10.6 Å². The fraction of sp³-hybridized carbons (Fsp3) is 0.600. The summed E-state index contributed by atoms with van der Waals surface area (Å²) >= 11 is 0. The van der Waals surface area contributed by atoms with Crippen LogP contribution in [0, 0.1) is 18.3 Å². The third-order valence-corrected chi connectivity index (χ3v) is 1.66. The molecule has 15 heavy (non-hydrogen) atoms. The van der Waals surface area contributed by atoms with E-state index in [0.29, 0.717) is 6.42 Å². The second kappa shape index (κ2) is 6.71. The van der Waals surface area contributed by atoms with E-state index >= 15 is 0 Å². The quantitative estimate of drug-likeness (QED) is 0.578. The number of urea groups is 1. The molecule has 0 aromatic heterocycles. The Morgan fingerprint density at radius 3 is 2.47 bits per heavy atom. The normalized spacial score (nSPS) is 11.6. The number of nitrogens with one attached hydrogen (secondary N) is 2. The molecular weight excluding hydrogens is 196 g/mol. The van der Waals surface area contributed by atoms with E-state index in [4.69, 9.17) is 11.5 Å². The molecule has 0 bridgehead atoms. The van der Waals surface area contributed by atoms with E-state index in [2.05, 4.69) is 16.6 Å². The molecule has 0 aromatic rings. The van der Waals surface area contributed by atoms with E-state index in [-0.39, 0.29) is 12.5 Å². The first-order valence-electron chi connectivity index (χ1n) is 4.68. The lowest BCUT2D eigenvalue weighted by molar-refractivity contribution is -0.139. The number of carboxylic acid groups (broad SMARTS) is 1. The Kier molecular flexibility index (Phi) is 5.95. The minimum atomic E-state index is -1.04. The van der Waals surface area contributed by atoms with Gasteiger partial charge in [-0.25, -0.2) is 9.59 Å². The highest BCUT2D eigenvalue weighted by atomic mass is 16.4. The molecule has 0 saturated carbocycles. The number of hydrogen-bond donors (Lipinski definition) is 3. The average molecular weight is 212 g/mol. The highest BCUT2D eigenvalue weighted by molar-refractivity contribution is 5.82. The number of amides is 2. The number of rotatable bonds is 5. The summed E-state index contributed by atoms with van der Waals surface area (Å²) in [5.74, 6) is 1.37. The van der Waals surface area contributed by atoms with Gasteiger partial charge in [-0.3, -0.25) is 0 Å². The van der Waals surface area contributed by atoms with Gasteiger partial charge in [-0.2, -0.15) is 0 Å². The topological polar surface area (TPSA) is 78.4 Å². The van der Waals surface area contributed by atoms with Gasteiger partial charge < -0.3 is 15.7 Å². The third kappa shape index (κ3) is 6.38. The largest absolute Gasteiger partial charge is 0.480 e. The predicted molar refractivity (Wildman–Crippen MR) is 56.2 cm³/mol. The molecule has 0 rings (SSSR count). The van der Waals surface area contributed by atoms with Gasteiger partial charge in [0.1, 0.15) is 6.04 Å². The minimum absolute atomic E-state index is 0.0832. The van der Waals surface area contributed by atoms with E-state index in [1.165, 1.54) is 0 Å². The Labute approximate surface area is 89.2 Å². The van der Waals surface area contributed by atoms with Gasteiger partial charge in [-0.1, -0.05) is 19.8 Å². The fourth-order valence-electron chi connectivity index (χ4n) is 1.03. The lowest BCUT2D eigenvalue weighted by atomic mass is 10.0. The molecule has 84 valence electrons. The lowest BCUT2D eigenvalue weighted by Gasteiger charge is -2.16. The lowest BCUT2D eigenvalue weighted by Crippen LogP contribution is -2.46. The summed E-state index contributed by atoms with van der Waals surface area (Å²) < 4.78 is 0. The molecule has 2 amide bonds. The maximum atomic E-state index is 11.1. The second-order valence-electron chi connectivity index (χ2n) is 3.55. The third-order valence-electron chi connectivity index (χ3n) is 1.66. The van der Waals surface area contributed by atoms with Crippen molar-refractivity contribution < 1.29 is 14.7 Å². The summed E-state index contributed by atoms with van der Waals surface area (Å²) in [4.78, 5) is 21.9. The monoisotopic (exact) mass is 212 g/mol. The van der Waals surface area contributed by atoms with Crippen molar-refractivity contribution >= 4 is 12.0 Å². The van der Waals surface area contributed by atoms with E-state index in [9.17, 15) is 9.59 Å². The molecule has 3 N–H and O–H groups in total. The average Bonchev–Trinajstić information content (AvgIpc) is 2.12. The van der Waals surface area contributed by atoms with Gasteiger partial charge in [-0.05, 0) is 12.3 Å². The molecule has 0 heterocycles. The molecule has 1 unspecified atom stereocenters. The highest BCUT2D eigenvalue weighted by Gasteiger charge is 2.20. The number of carbonyl (C=O) groups excluding carboxylic acids is 1. The molecule has 5 heteroatoms. The minimum Gasteiger partial charge on any atom is -0.480 e. The van der Waals surface area contributed by atoms with Crippen LogP contribution in [0.3, 0.4) is 0 Å². The molecule has 0 aromatic carbocycles. The summed E-state index contributed by atoms with van der Waals surface area (Å²) in [7, 11) is 0. The highest BCUT2D eigenvalue weighted by Crippen LogP contribution is 2.04. The zero-order chi connectivity index (χ0) is 11.8. The van der Waals surface area contributed by atoms with Crippen LogP contribution < -0.4 is 10.6 Å². The van der Waals surface area contributed by atoms with Crippen LogP contribution in [0.4, 0.5) is 4.79 Å². The molecule has 0 spiro atoms. The van der Waals surface area contributed by atoms with Gasteiger partial charge in [0.2, 0.25) is 0 Å². The Bertz CT molecular complexity index is 268. The summed E-state index contributed by atoms with van der Waals surface area (Å²) in [5, 5.41) is 13.5. The molecule has 0 fully saturated rings. The van der Waals surface area contributed by atoms with Gasteiger partial charge in [0, 0.05) is 0 Å². The zero-order valence-corrected chi connectivity index (χ0v) is 8.91. The van der Waals surface area contributed by atoms with Gasteiger partial charge in [-0.15, -0.1) is 6.42 Å². The Balaban J connectivity index is 4.12. The number of carbonyl (C=O) groups is 2. The standard InChI is InChI=1S/C10H16N2O3/c1-4-5-11-10(15)12-8(9(13)14)6-7(2)3/h1,7-8H,5-6H2,2-3H3,(H,13,14)(H2,11,12,15). The van der Waals surface area contributed by atoms with Gasteiger partial charge in [0.15, 0.2) is 0 Å². The fourth-order valence-corrected chi connectivity index (χ4v) is 1.03. The predicted octanol–water partition coefficient (Wildman–Crippen LogP) is 0.418. The first-order chi connectivity index (χ1) is 6.97. The van der Waals surface area contributed by atoms with Crippen molar-refractivity contribution in [2.24, 2.45) is 5.92 Å². The van der Waals surface area contributed by atoms with E-state index in [1.807, 2.05) is 13.8 Å². The van der Waals surface area contributed by atoms with Crippen molar-refractivity contribution in [1.29, 1.82) is 0 Å². The zero-order valence-electron chi connectivity index (χ0n) is 8.91. The number of aliphatic carboxylic acids is 1. The maximum absolute atomic E-state index is 11.1. The van der Waals surface area contributed by atoms with Crippen molar-refractivity contribution in [2.75, 3.05) is 6.54 Å². The van der Waals surface area contributed by atoms with Gasteiger partial charge in [0.25, 0.3) is 0 Å². The van der Waals surface area contributed by atoms with Gasteiger partial charge in [0.05, 0.1) is 6.54 Å². The van der Waals surface area contributed by atoms with Crippen LogP contribution in [0.5, 0.6) is 0 Å². The number of terminal acetylenes is 1. The summed E-state index contributed by atoms with van der Waals surface area (Å²) in [6.45, 7) is 3.85. The van der Waals surface area contributed by atoms with Crippen LogP contribution in [0.2, 0.25) is 0 Å². The van der Waals surface area contributed by atoms with Crippen LogP contribution in [0.1, 0.15) is 20.3 Å². The maximum Gasteiger partial charge on any atom is 0.326 e. The van der Waals surface area contributed by atoms with Crippen LogP contribution in [-0.2, 0) is 4.79 Å². The summed E-state index contributed by atoms with van der Waals surface area (Å²) in [6, 6.07) is -1.43. The smallest absolute Gasteiger partial charge is 0.326 e. The molecule has 1 atom stereocenters. The molecule has 0 aliphatic heterocycles. The van der Waals surface area contributed by atoms with Crippen LogP contribution in [0.15, 0.2) is 0 Å². The summed E-state index contributed by atoms with van der Waals surface area (Å²) in [5.41, 5.74) is 0. The molecule has 0 radical (unpaired) electrons. The van der Waals surface area contributed by atoms with E-state index in [1.54, 1.807) is 0 Å². The molecule has 0 aliphatic carbocycles. The summed E-state index contributed by atoms with van der Waals surface area (Å²) in [6.07, 6.45) is 5.33. The van der Waals surface area contributed by atoms with Crippen molar-refractivity contribution in [3.63, 3.8) is 0 Å². The van der Waals surface area contributed by atoms with Crippen LogP contribution in [-0.4, -0.2) is 29.7 Å². The number of hydrogen-bond acceptors (Lipinski definition) is 2. The Morgan fingerprint density at radius 2 is 2.07 bits per heavy atom. The molecule has 5 nitrogen and oxygen atoms in total. The molecule has 0 saturated heterocycles. The Hall–Kier alpha value is -1.70. The SMILES string of the molecule is C#CCNC(=O)NC(CC(C)C)C(=O)O. The van der Waals surface area contributed by atoms with Crippen LogP contribution in [0.25, 0.3) is 0 Å². The van der Waals surface area contributed by atoms with E-state index in [0.717, 1.165) is 0 Å². The molecular formula is C10H16N2O3. The molecule has 0 aliphatic rings.